The summed E-state index contributed by atoms with van der Waals surface area (Å²) in [6.45, 7) is 1.97. The van der Waals surface area contributed by atoms with Crippen LogP contribution in [0.25, 0.3) is 0 Å². The van der Waals surface area contributed by atoms with Gasteiger partial charge in [-0.3, -0.25) is 0 Å². The van der Waals surface area contributed by atoms with Crippen LogP contribution in [0.4, 0.5) is 0 Å². The van der Waals surface area contributed by atoms with E-state index in [0.29, 0.717) is 6.42 Å². The molecule has 3 heteroatoms. The average molecular weight is 122 g/mol. The third kappa shape index (κ3) is 3.59. The first-order valence-corrected chi connectivity index (χ1v) is 2.55. The summed E-state index contributed by atoms with van der Waals surface area (Å²) in [7, 11) is 0. The molecule has 0 aliphatic heterocycles. The van der Waals surface area contributed by atoms with E-state index in [9.17, 15) is 0 Å². The van der Waals surface area contributed by atoms with E-state index >= 15 is 0 Å². The molecule has 0 radical (unpaired) electrons. The molecule has 2 nitrogen and oxygen atoms in total. The molecule has 0 spiro atoms. The summed E-state index contributed by atoms with van der Waals surface area (Å²) in [5.41, 5.74) is 0. The van der Waals surface area contributed by atoms with Gasteiger partial charge in [0.25, 0.3) is 0 Å². The maximum absolute atomic E-state index is 7.92. The van der Waals surface area contributed by atoms with Gasteiger partial charge in [-0.2, -0.15) is 0 Å². The van der Waals surface area contributed by atoms with Crippen LogP contribution >= 0.6 is 11.6 Å². The summed E-state index contributed by atoms with van der Waals surface area (Å²) >= 11 is 5.27. The Morgan fingerprint density at radius 3 is 2.57 bits per heavy atom. The summed E-state index contributed by atoms with van der Waals surface area (Å²) in [4.78, 5) is 0. The van der Waals surface area contributed by atoms with Crippen molar-refractivity contribution in [3.05, 3.63) is 0 Å². The molecule has 0 saturated heterocycles. The maximum atomic E-state index is 7.92. The molecule has 1 N–H and O–H groups in total. The van der Waals surface area contributed by atoms with Gasteiger partial charge in [-0.15, -0.1) is 0 Å². The fourth-order valence-electron chi connectivity index (χ4n) is 0.256. The van der Waals surface area contributed by atoms with E-state index in [1.54, 1.807) is 0 Å². The standard InChI is InChI=1S/C4H8ClNO/c1-2-3-4(5)6-7/h7H,2-3H2,1H3/b6-4+. The lowest BCUT2D eigenvalue weighted by atomic mass is 10.4. The zero-order valence-corrected chi connectivity index (χ0v) is 4.94. The highest BCUT2D eigenvalue weighted by Crippen LogP contribution is 1.94. The van der Waals surface area contributed by atoms with Crippen molar-refractivity contribution in [3.8, 4) is 0 Å². The molecule has 0 aliphatic rings. The van der Waals surface area contributed by atoms with Crippen molar-refractivity contribution in [2.24, 2.45) is 5.16 Å². The first kappa shape index (κ1) is 6.76. The molecule has 0 aromatic rings. The number of rotatable bonds is 2. The van der Waals surface area contributed by atoms with E-state index in [1.165, 1.54) is 0 Å². The molecule has 0 bridgehead atoms. The molecule has 0 aromatic heterocycles. The van der Waals surface area contributed by atoms with Gasteiger partial charge in [0.1, 0.15) is 5.17 Å². The van der Waals surface area contributed by atoms with Crippen LogP contribution in [0.5, 0.6) is 0 Å². The molecule has 0 rings (SSSR count). The lowest BCUT2D eigenvalue weighted by molar-refractivity contribution is 0.319. The summed E-state index contributed by atoms with van der Waals surface area (Å²) in [6, 6.07) is 0. The van der Waals surface area contributed by atoms with Gasteiger partial charge in [-0.1, -0.05) is 23.7 Å². The Balaban J connectivity index is 3.17. The lowest BCUT2D eigenvalue weighted by Crippen LogP contribution is -1.82. The van der Waals surface area contributed by atoms with Crippen LogP contribution < -0.4 is 0 Å². The Morgan fingerprint density at radius 2 is 2.43 bits per heavy atom. The molecular weight excluding hydrogens is 114 g/mol. The van der Waals surface area contributed by atoms with Crippen molar-refractivity contribution in [2.75, 3.05) is 0 Å². The SMILES string of the molecule is CCC/C(Cl)=N\O. The minimum Gasteiger partial charge on any atom is -0.410 e. The van der Waals surface area contributed by atoms with Gasteiger partial charge in [0.05, 0.1) is 0 Å². The van der Waals surface area contributed by atoms with Crippen LogP contribution in [-0.2, 0) is 0 Å². The Kier molecular flexibility index (Phi) is 3.80. The van der Waals surface area contributed by atoms with Crippen LogP contribution in [-0.4, -0.2) is 10.4 Å². The van der Waals surface area contributed by atoms with Crippen LogP contribution in [0.3, 0.4) is 0 Å². The quantitative estimate of drug-likeness (QED) is 0.337. The molecule has 7 heavy (non-hydrogen) atoms. The Morgan fingerprint density at radius 1 is 1.86 bits per heavy atom. The van der Waals surface area contributed by atoms with Crippen molar-refractivity contribution in [1.82, 2.24) is 0 Å². The largest absolute Gasteiger partial charge is 0.410 e. The minimum atomic E-state index is 0.280. The van der Waals surface area contributed by atoms with Crippen LogP contribution in [0.2, 0.25) is 0 Å². The van der Waals surface area contributed by atoms with E-state index < -0.39 is 0 Å². The number of halogens is 1. The molecule has 0 heterocycles. The van der Waals surface area contributed by atoms with Gasteiger partial charge >= 0.3 is 0 Å². The highest BCUT2D eigenvalue weighted by atomic mass is 35.5. The van der Waals surface area contributed by atoms with E-state index in [4.69, 9.17) is 16.8 Å². The zero-order valence-electron chi connectivity index (χ0n) is 4.19. The zero-order chi connectivity index (χ0) is 5.70. The Hall–Kier alpha value is -0.240. The topological polar surface area (TPSA) is 32.6 Å². The van der Waals surface area contributed by atoms with Gasteiger partial charge in [-0.05, 0) is 6.42 Å². The minimum absolute atomic E-state index is 0.280. The third-order valence-corrected chi connectivity index (χ3v) is 0.829. The first-order chi connectivity index (χ1) is 3.31. The second kappa shape index (κ2) is 3.93. The number of oxime groups is 1. The molecule has 42 valence electrons. The molecule has 0 saturated carbocycles. The molecule has 0 aromatic carbocycles. The molecule has 0 aliphatic carbocycles. The van der Waals surface area contributed by atoms with Crippen molar-refractivity contribution in [2.45, 2.75) is 19.8 Å². The summed E-state index contributed by atoms with van der Waals surface area (Å²) < 4.78 is 0. The normalized spacial score (nSPS) is 12.0. The molecule has 0 unspecified atom stereocenters. The van der Waals surface area contributed by atoms with E-state index in [1.807, 2.05) is 6.92 Å². The molecule has 0 fully saturated rings. The number of hydrogen-bond acceptors (Lipinski definition) is 2. The van der Waals surface area contributed by atoms with Crippen molar-refractivity contribution in [1.29, 1.82) is 0 Å². The van der Waals surface area contributed by atoms with Crippen LogP contribution in [0.1, 0.15) is 19.8 Å². The second-order valence-electron chi connectivity index (χ2n) is 1.23. The summed E-state index contributed by atoms with van der Waals surface area (Å²) in [6.07, 6.45) is 1.58. The van der Waals surface area contributed by atoms with Crippen LogP contribution in [0, 0.1) is 0 Å². The number of hydrogen-bond donors (Lipinski definition) is 1. The highest BCUT2D eigenvalue weighted by Gasteiger charge is 1.87. The van der Waals surface area contributed by atoms with Crippen molar-refractivity contribution >= 4 is 16.8 Å². The van der Waals surface area contributed by atoms with E-state index in [-0.39, 0.29) is 5.17 Å². The fraction of sp³-hybridized carbons (Fsp3) is 0.750. The van der Waals surface area contributed by atoms with Crippen molar-refractivity contribution < 1.29 is 5.21 Å². The van der Waals surface area contributed by atoms with Gasteiger partial charge in [-0.25, -0.2) is 0 Å². The second-order valence-corrected chi connectivity index (χ2v) is 1.66. The summed E-state index contributed by atoms with van der Waals surface area (Å²) in [5.74, 6) is 0. The predicted octanol–water partition coefficient (Wildman–Crippen LogP) is 1.81. The molecule has 0 amide bonds. The van der Waals surface area contributed by atoms with Crippen molar-refractivity contribution in [3.63, 3.8) is 0 Å². The molecular formula is C4H8ClNO. The van der Waals surface area contributed by atoms with E-state index in [2.05, 4.69) is 5.16 Å². The van der Waals surface area contributed by atoms with Gasteiger partial charge in [0.2, 0.25) is 0 Å². The third-order valence-electron chi connectivity index (χ3n) is 0.565. The highest BCUT2D eigenvalue weighted by molar-refractivity contribution is 6.65. The first-order valence-electron chi connectivity index (χ1n) is 2.17. The van der Waals surface area contributed by atoms with Gasteiger partial charge in [0.15, 0.2) is 0 Å². The van der Waals surface area contributed by atoms with Crippen LogP contribution in [0.15, 0.2) is 5.16 Å². The Bertz CT molecular complexity index is 72.1. The fourth-order valence-corrected chi connectivity index (χ4v) is 0.445. The smallest absolute Gasteiger partial charge is 0.145 e. The molecule has 0 atom stereocenters. The summed E-state index contributed by atoms with van der Waals surface area (Å²) in [5, 5.41) is 11.0. The average Bonchev–Trinajstić information content (AvgIpc) is 1.68. The Labute approximate surface area is 47.8 Å². The van der Waals surface area contributed by atoms with E-state index in [0.717, 1.165) is 6.42 Å². The van der Waals surface area contributed by atoms with Gasteiger partial charge < -0.3 is 5.21 Å². The predicted molar refractivity (Wildman–Crippen MR) is 30.0 cm³/mol. The lowest BCUT2D eigenvalue weighted by Gasteiger charge is -1.84. The maximum Gasteiger partial charge on any atom is 0.145 e. The monoisotopic (exact) mass is 121 g/mol. The number of nitrogens with zero attached hydrogens (tertiary/aromatic N) is 1. The van der Waals surface area contributed by atoms with Gasteiger partial charge in [0, 0.05) is 6.42 Å².